The van der Waals surface area contributed by atoms with Crippen molar-refractivity contribution in [3.05, 3.63) is 63.7 Å². The molecule has 1 amide bonds. The SMILES string of the molecule is COc1ccc(/C=N\NC(=O)CN(c2ccc(C)cc2)S(C)(=O)=O)cc1[N+](=O)[O-]. The predicted octanol–water partition coefficient (Wildman–Crippen LogP) is 1.83. The fourth-order valence-corrected chi connectivity index (χ4v) is 3.24. The summed E-state index contributed by atoms with van der Waals surface area (Å²) in [7, 11) is -2.38. The average Bonchev–Trinajstić information content (AvgIpc) is 2.66. The molecule has 0 aliphatic carbocycles. The molecule has 2 aromatic carbocycles. The number of hydrogen-bond acceptors (Lipinski definition) is 7. The highest BCUT2D eigenvalue weighted by atomic mass is 32.2. The van der Waals surface area contributed by atoms with Crippen molar-refractivity contribution in [3.8, 4) is 5.75 Å². The molecule has 29 heavy (non-hydrogen) atoms. The van der Waals surface area contributed by atoms with Gasteiger partial charge in [0.05, 0.1) is 30.2 Å². The minimum Gasteiger partial charge on any atom is -0.490 e. The lowest BCUT2D eigenvalue weighted by molar-refractivity contribution is -0.385. The molecule has 0 aliphatic rings. The minimum absolute atomic E-state index is 0.0954. The van der Waals surface area contributed by atoms with E-state index < -0.39 is 27.4 Å². The quantitative estimate of drug-likeness (QED) is 0.394. The Morgan fingerprint density at radius 3 is 2.48 bits per heavy atom. The van der Waals surface area contributed by atoms with Gasteiger partial charge in [0.15, 0.2) is 5.75 Å². The van der Waals surface area contributed by atoms with Gasteiger partial charge < -0.3 is 4.74 Å². The molecule has 1 N–H and O–H groups in total. The van der Waals surface area contributed by atoms with Crippen LogP contribution >= 0.6 is 0 Å². The Balaban J connectivity index is 2.10. The fourth-order valence-electron chi connectivity index (χ4n) is 2.39. The first-order valence-corrected chi connectivity index (χ1v) is 10.2. The molecular weight excluding hydrogens is 400 g/mol. The van der Waals surface area contributed by atoms with Gasteiger partial charge >= 0.3 is 5.69 Å². The molecule has 0 spiro atoms. The normalized spacial score (nSPS) is 11.3. The van der Waals surface area contributed by atoms with Crippen molar-refractivity contribution in [1.82, 2.24) is 5.43 Å². The number of sulfonamides is 1. The summed E-state index contributed by atoms with van der Waals surface area (Å²) in [6.07, 6.45) is 2.21. The predicted molar refractivity (Wildman–Crippen MR) is 109 cm³/mol. The van der Waals surface area contributed by atoms with Gasteiger partial charge in [0.1, 0.15) is 6.54 Å². The van der Waals surface area contributed by atoms with E-state index in [9.17, 15) is 23.3 Å². The number of hydrogen-bond donors (Lipinski definition) is 1. The molecule has 0 fully saturated rings. The van der Waals surface area contributed by atoms with Gasteiger partial charge in [-0.15, -0.1) is 0 Å². The molecule has 2 rings (SSSR count). The highest BCUT2D eigenvalue weighted by Gasteiger charge is 2.20. The molecule has 10 nitrogen and oxygen atoms in total. The van der Waals surface area contributed by atoms with Crippen LogP contribution in [0.1, 0.15) is 11.1 Å². The highest BCUT2D eigenvalue weighted by Crippen LogP contribution is 2.26. The Morgan fingerprint density at radius 1 is 1.28 bits per heavy atom. The van der Waals surface area contributed by atoms with Gasteiger partial charge in [-0.3, -0.25) is 19.2 Å². The Labute approximate surface area is 168 Å². The summed E-state index contributed by atoms with van der Waals surface area (Å²) in [5.41, 5.74) is 3.63. The van der Waals surface area contributed by atoms with Crippen LogP contribution in [0, 0.1) is 17.0 Å². The molecule has 0 atom stereocenters. The maximum Gasteiger partial charge on any atom is 0.311 e. The standard InChI is InChI=1S/C18H20N4O6S/c1-13-4-7-15(8-5-13)21(29(3,26)27)12-18(23)20-19-11-14-6-9-17(28-2)16(10-14)22(24)25/h4-11H,12H2,1-3H3,(H,20,23)/b19-11-. The largest absolute Gasteiger partial charge is 0.490 e. The van der Waals surface area contributed by atoms with Crippen molar-refractivity contribution in [3.63, 3.8) is 0 Å². The third-order valence-corrected chi connectivity index (χ3v) is 4.95. The fraction of sp³-hybridized carbons (Fsp3) is 0.222. The van der Waals surface area contributed by atoms with Crippen molar-refractivity contribution in [2.45, 2.75) is 6.92 Å². The molecule has 0 aliphatic heterocycles. The van der Waals surface area contributed by atoms with E-state index in [0.29, 0.717) is 11.3 Å². The number of amides is 1. The van der Waals surface area contributed by atoms with Gasteiger partial charge in [-0.2, -0.15) is 5.10 Å². The zero-order chi connectivity index (χ0) is 21.6. The Kier molecular flexibility index (Phi) is 6.89. The van der Waals surface area contributed by atoms with Crippen LogP contribution in [0.15, 0.2) is 47.6 Å². The summed E-state index contributed by atoms with van der Waals surface area (Å²) in [5.74, 6) is -0.576. The van der Waals surface area contributed by atoms with Crippen molar-refractivity contribution in [2.75, 3.05) is 24.2 Å². The first-order chi connectivity index (χ1) is 13.6. The molecule has 11 heteroatoms. The number of nitro benzene ring substituents is 1. The molecule has 0 bridgehead atoms. The molecule has 0 saturated heterocycles. The number of nitro groups is 1. The second-order valence-electron chi connectivity index (χ2n) is 6.09. The van der Waals surface area contributed by atoms with E-state index in [0.717, 1.165) is 16.1 Å². The topological polar surface area (TPSA) is 131 Å². The van der Waals surface area contributed by atoms with E-state index in [2.05, 4.69) is 10.5 Å². The highest BCUT2D eigenvalue weighted by molar-refractivity contribution is 7.92. The first-order valence-electron chi connectivity index (χ1n) is 8.30. The van der Waals surface area contributed by atoms with Crippen LogP contribution in [0.5, 0.6) is 5.75 Å². The summed E-state index contributed by atoms with van der Waals surface area (Å²) >= 11 is 0. The van der Waals surface area contributed by atoms with Gasteiger partial charge in [-0.1, -0.05) is 17.7 Å². The number of nitrogens with one attached hydrogen (secondary N) is 1. The molecule has 0 aromatic heterocycles. The van der Waals surface area contributed by atoms with Gasteiger partial charge in [-0.05, 0) is 31.2 Å². The number of rotatable bonds is 8. The number of anilines is 1. The summed E-state index contributed by atoms with van der Waals surface area (Å²) in [5, 5.41) is 14.8. The Hall–Kier alpha value is -3.47. The van der Waals surface area contributed by atoms with Gasteiger partial charge in [-0.25, -0.2) is 13.8 Å². The summed E-state index contributed by atoms with van der Waals surface area (Å²) in [4.78, 5) is 22.6. The third-order valence-electron chi connectivity index (χ3n) is 3.81. The van der Waals surface area contributed by atoms with Crippen LogP contribution in [0.2, 0.25) is 0 Å². The number of benzene rings is 2. The van der Waals surface area contributed by atoms with Crippen LogP contribution in [0.25, 0.3) is 0 Å². The van der Waals surface area contributed by atoms with Crippen LogP contribution in [0.4, 0.5) is 11.4 Å². The summed E-state index contributed by atoms with van der Waals surface area (Å²) < 4.78 is 29.9. The summed E-state index contributed by atoms with van der Waals surface area (Å²) in [6.45, 7) is 1.39. The van der Waals surface area contributed by atoms with E-state index in [1.165, 1.54) is 31.5 Å². The van der Waals surface area contributed by atoms with E-state index in [4.69, 9.17) is 4.74 Å². The molecule has 154 valence electrons. The lowest BCUT2D eigenvalue weighted by atomic mass is 10.2. The smallest absolute Gasteiger partial charge is 0.311 e. The molecule has 0 heterocycles. The number of carbonyl (C=O) groups excluding carboxylic acids is 1. The number of aryl methyl sites for hydroxylation is 1. The first kappa shape index (κ1) is 21.8. The Morgan fingerprint density at radius 2 is 1.93 bits per heavy atom. The minimum atomic E-state index is -3.69. The zero-order valence-corrected chi connectivity index (χ0v) is 16.8. The number of methoxy groups -OCH3 is 1. The van der Waals surface area contributed by atoms with Gasteiger partial charge in [0.25, 0.3) is 5.91 Å². The molecule has 2 aromatic rings. The molecule has 0 saturated carbocycles. The van der Waals surface area contributed by atoms with E-state index >= 15 is 0 Å². The van der Waals surface area contributed by atoms with E-state index in [-0.39, 0.29) is 11.4 Å². The van der Waals surface area contributed by atoms with Gasteiger partial charge in [0, 0.05) is 11.6 Å². The lowest BCUT2D eigenvalue weighted by Gasteiger charge is -2.21. The molecular formula is C18H20N4O6S. The van der Waals surface area contributed by atoms with Crippen molar-refractivity contribution >= 4 is 33.5 Å². The van der Waals surface area contributed by atoms with Crippen LogP contribution < -0.4 is 14.5 Å². The van der Waals surface area contributed by atoms with Crippen molar-refractivity contribution < 1.29 is 22.9 Å². The summed E-state index contributed by atoms with van der Waals surface area (Å²) in [6, 6.07) is 10.8. The lowest BCUT2D eigenvalue weighted by Crippen LogP contribution is -2.39. The second-order valence-corrected chi connectivity index (χ2v) is 7.99. The van der Waals surface area contributed by atoms with Crippen LogP contribution in [-0.2, 0) is 14.8 Å². The van der Waals surface area contributed by atoms with E-state index in [1.807, 2.05) is 6.92 Å². The van der Waals surface area contributed by atoms with E-state index in [1.54, 1.807) is 24.3 Å². The van der Waals surface area contributed by atoms with Crippen LogP contribution in [-0.4, -0.2) is 45.4 Å². The maximum atomic E-state index is 12.1. The van der Waals surface area contributed by atoms with Gasteiger partial charge in [0.2, 0.25) is 10.0 Å². The number of nitrogens with zero attached hydrogens (tertiary/aromatic N) is 3. The monoisotopic (exact) mass is 420 g/mol. The maximum absolute atomic E-state index is 12.1. The zero-order valence-electron chi connectivity index (χ0n) is 16.0. The molecule has 0 radical (unpaired) electrons. The molecule has 0 unspecified atom stereocenters. The average molecular weight is 420 g/mol. The number of ether oxygens (including phenoxy) is 1. The number of hydrazone groups is 1. The van der Waals surface area contributed by atoms with Crippen molar-refractivity contribution in [1.29, 1.82) is 0 Å². The Bertz CT molecular complexity index is 1030. The van der Waals surface area contributed by atoms with Crippen molar-refractivity contribution in [2.24, 2.45) is 5.10 Å². The van der Waals surface area contributed by atoms with Crippen LogP contribution in [0.3, 0.4) is 0 Å². The third kappa shape index (κ3) is 6.01. The second kappa shape index (κ2) is 9.15. The number of carbonyl (C=O) groups is 1.